The van der Waals surface area contributed by atoms with Gasteiger partial charge in [0.05, 0.1) is 0 Å². The number of carbonyl (C=O) groups is 9. The molecule has 2 bridgehead atoms. The summed E-state index contributed by atoms with van der Waals surface area (Å²) in [6.07, 6.45) is 1.98. The van der Waals surface area contributed by atoms with Crippen molar-refractivity contribution in [3.05, 3.63) is 42.1 Å². The number of benzene rings is 1. The van der Waals surface area contributed by atoms with Crippen LogP contribution in [-0.4, -0.2) is 124 Å². The van der Waals surface area contributed by atoms with E-state index < -0.39 is 119 Å². The molecule has 1 aromatic rings. The molecule has 1 aromatic carbocycles. The summed E-state index contributed by atoms with van der Waals surface area (Å²) in [6.45, 7) is 15.3. The number of ether oxygens (including phenoxy) is 1. The Kier molecular flexibility index (Phi) is 20.0. The number of primary amides is 1. The average Bonchev–Trinajstić information content (AvgIpc) is 3.25. The van der Waals surface area contributed by atoms with Crippen molar-refractivity contribution in [3.63, 3.8) is 0 Å². The summed E-state index contributed by atoms with van der Waals surface area (Å²) in [6, 6.07) is -3.23. The fourth-order valence-corrected chi connectivity index (χ4v) is 7.52. The van der Waals surface area contributed by atoms with E-state index in [4.69, 9.17) is 10.5 Å². The predicted octanol–water partition coefficient (Wildman–Crippen LogP) is 1.31. The molecule has 2 aliphatic rings. The van der Waals surface area contributed by atoms with Crippen LogP contribution in [-0.2, 0) is 54.3 Å². The van der Waals surface area contributed by atoms with E-state index in [0.29, 0.717) is 18.4 Å². The zero-order valence-electron chi connectivity index (χ0n) is 39.3. The van der Waals surface area contributed by atoms with Crippen LogP contribution in [0.15, 0.2) is 36.5 Å². The SMILES string of the molecule is CC[C@H](C)[C@@H]1NC(=O)[C@H](Cc2ccc(O)cc2)N(C)C(=O)[C@@H]([C@@H](C)CC)N2C=CCC(NC(=O)[C@H](CC(C)C)NC(=O)[C@@H](NC(=O)[C@H](CCC(N)=O)NC(=O)C(C)C)[C@@H](C)OC1=O)C2=O. The zero-order chi connectivity index (χ0) is 48.9. The summed E-state index contributed by atoms with van der Waals surface area (Å²) in [7, 11) is 1.43. The van der Waals surface area contributed by atoms with Crippen LogP contribution in [0, 0.1) is 23.7 Å². The molecule has 19 heteroatoms. The predicted molar refractivity (Wildman–Crippen MR) is 240 cm³/mol. The third-order valence-electron chi connectivity index (χ3n) is 12.0. The van der Waals surface area contributed by atoms with Gasteiger partial charge in [0.15, 0.2) is 0 Å². The van der Waals surface area contributed by atoms with Crippen molar-refractivity contribution in [2.75, 3.05) is 7.05 Å². The van der Waals surface area contributed by atoms with Gasteiger partial charge in [0.2, 0.25) is 47.3 Å². The van der Waals surface area contributed by atoms with Gasteiger partial charge in [-0.2, -0.15) is 0 Å². The summed E-state index contributed by atoms with van der Waals surface area (Å²) < 4.78 is 5.91. The average molecular weight is 911 g/mol. The van der Waals surface area contributed by atoms with Crippen LogP contribution < -0.4 is 32.3 Å². The minimum Gasteiger partial charge on any atom is -0.508 e. The molecule has 0 radical (unpaired) electrons. The molecule has 2 heterocycles. The minimum absolute atomic E-state index is 0.0223. The van der Waals surface area contributed by atoms with E-state index in [1.807, 2.05) is 20.8 Å². The van der Waals surface area contributed by atoms with Crippen LogP contribution in [0.3, 0.4) is 0 Å². The van der Waals surface area contributed by atoms with Crippen molar-refractivity contribution in [1.29, 1.82) is 0 Å². The Balaban J connectivity index is 2.25. The number of aromatic hydroxyl groups is 1. The lowest BCUT2D eigenvalue weighted by Gasteiger charge is -2.40. The first-order valence-corrected chi connectivity index (χ1v) is 22.5. The number of hydrogen-bond donors (Lipinski definition) is 7. The highest BCUT2D eigenvalue weighted by Crippen LogP contribution is 2.25. The van der Waals surface area contributed by atoms with Crippen molar-refractivity contribution < 1.29 is 53.0 Å². The molecule has 3 rings (SSSR count). The maximum atomic E-state index is 14.8. The minimum atomic E-state index is -1.71. The van der Waals surface area contributed by atoms with E-state index in [0.717, 1.165) is 0 Å². The Morgan fingerprint density at radius 1 is 0.862 bits per heavy atom. The molecule has 8 N–H and O–H groups in total. The van der Waals surface area contributed by atoms with Crippen LogP contribution in [0.25, 0.3) is 0 Å². The van der Waals surface area contributed by atoms with Crippen molar-refractivity contribution in [1.82, 2.24) is 36.4 Å². The molecule has 1 saturated heterocycles. The third kappa shape index (κ3) is 14.8. The molecule has 1 unspecified atom stereocenters. The van der Waals surface area contributed by atoms with Gasteiger partial charge in [-0.15, -0.1) is 0 Å². The Bertz CT molecular complexity index is 1920. The number of nitrogens with one attached hydrogen (secondary N) is 5. The van der Waals surface area contributed by atoms with Crippen molar-refractivity contribution in [2.45, 2.75) is 156 Å². The summed E-state index contributed by atoms with van der Waals surface area (Å²) in [5, 5.41) is 23.3. The number of phenols is 1. The van der Waals surface area contributed by atoms with Crippen LogP contribution >= 0.6 is 0 Å². The Morgan fingerprint density at radius 3 is 2.06 bits per heavy atom. The zero-order valence-corrected chi connectivity index (χ0v) is 39.3. The fraction of sp³-hybridized carbons (Fsp3) is 0.630. The number of esters is 1. The van der Waals surface area contributed by atoms with E-state index in [9.17, 15) is 48.3 Å². The van der Waals surface area contributed by atoms with Gasteiger partial charge in [0.1, 0.15) is 54.1 Å². The van der Waals surface area contributed by atoms with Crippen LogP contribution in [0.2, 0.25) is 0 Å². The van der Waals surface area contributed by atoms with E-state index in [-0.39, 0.29) is 43.8 Å². The summed E-state index contributed by atoms with van der Waals surface area (Å²) in [5.74, 6) is -8.59. The molecule has 360 valence electrons. The summed E-state index contributed by atoms with van der Waals surface area (Å²) in [5.41, 5.74) is 5.94. The van der Waals surface area contributed by atoms with E-state index in [2.05, 4.69) is 26.6 Å². The highest BCUT2D eigenvalue weighted by molar-refractivity contribution is 5.99. The van der Waals surface area contributed by atoms with Crippen LogP contribution in [0.4, 0.5) is 0 Å². The van der Waals surface area contributed by atoms with Crippen LogP contribution in [0.1, 0.15) is 106 Å². The van der Waals surface area contributed by atoms with Gasteiger partial charge in [-0.1, -0.05) is 86.4 Å². The van der Waals surface area contributed by atoms with Gasteiger partial charge < -0.3 is 52.0 Å². The van der Waals surface area contributed by atoms with Crippen molar-refractivity contribution in [2.24, 2.45) is 29.4 Å². The van der Waals surface area contributed by atoms with Gasteiger partial charge in [0, 0.05) is 32.0 Å². The number of amides is 8. The van der Waals surface area contributed by atoms with Gasteiger partial charge in [0.25, 0.3) is 0 Å². The Labute approximate surface area is 381 Å². The number of likely N-dealkylation sites (N-methyl/N-ethyl adjacent to an activating group) is 1. The van der Waals surface area contributed by atoms with E-state index in [1.165, 1.54) is 42.1 Å². The van der Waals surface area contributed by atoms with Gasteiger partial charge in [-0.05, 0) is 61.6 Å². The van der Waals surface area contributed by atoms with E-state index >= 15 is 0 Å². The van der Waals surface area contributed by atoms with Gasteiger partial charge >= 0.3 is 5.97 Å². The normalized spacial score (nSPS) is 25.3. The topological polar surface area (TPSA) is 276 Å². The summed E-state index contributed by atoms with van der Waals surface area (Å²) in [4.78, 5) is 128. The van der Waals surface area contributed by atoms with E-state index in [1.54, 1.807) is 52.8 Å². The molecule has 2 aliphatic heterocycles. The second-order valence-corrected chi connectivity index (χ2v) is 18.0. The first-order chi connectivity index (χ1) is 30.5. The molecule has 0 spiro atoms. The third-order valence-corrected chi connectivity index (χ3v) is 12.0. The second-order valence-electron chi connectivity index (χ2n) is 18.0. The number of hydrogen-bond acceptors (Lipinski definition) is 11. The molecular formula is C46H70N8O11. The number of fused-ring (bicyclic) bond motifs is 2. The molecule has 10 atom stereocenters. The molecule has 0 saturated carbocycles. The van der Waals surface area contributed by atoms with Crippen molar-refractivity contribution >= 4 is 53.2 Å². The lowest BCUT2D eigenvalue weighted by atomic mass is 9.93. The molecule has 65 heavy (non-hydrogen) atoms. The fourth-order valence-electron chi connectivity index (χ4n) is 7.52. The maximum absolute atomic E-state index is 14.8. The molecule has 0 aliphatic carbocycles. The lowest BCUT2D eigenvalue weighted by Crippen LogP contribution is -2.62. The largest absolute Gasteiger partial charge is 0.508 e. The van der Waals surface area contributed by atoms with Crippen LogP contribution in [0.5, 0.6) is 5.75 Å². The lowest BCUT2D eigenvalue weighted by molar-refractivity contribution is -0.158. The molecule has 1 fully saturated rings. The van der Waals surface area contributed by atoms with Gasteiger partial charge in [-0.3, -0.25) is 38.4 Å². The number of rotatable bonds is 15. The quantitative estimate of drug-likeness (QED) is 0.123. The highest BCUT2D eigenvalue weighted by Gasteiger charge is 2.44. The Hall–Kier alpha value is -6.01. The van der Waals surface area contributed by atoms with Gasteiger partial charge in [-0.25, -0.2) is 4.79 Å². The first kappa shape index (κ1) is 53.3. The maximum Gasteiger partial charge on any atom is 0.329 e. The number of nitrogens with two attached hydrogens (primary N) is 1. The second kappa shape index (κ2) is 24.3. The van der Waals surface area contributed by atoms with Crippen molar-refractivity contribution in [3.8, 4) is 5.75 Å². The number of cyclic esters (lactones) is 1. The standard InChI is InChI=1S/C46H70N8O11/c1-11-26(7)36-46(64)65-28(9)37(52-40(58)31(19-20-35(47)56)48-39(57)25(5)6)43(61)50-33(22-24(3)4)41(59)49-32-14-13-21-54(44(32)62)38(27(8)12-2)45(63)53(10)34(42(60)51-36)23-29-15-17-30(55)18-16-29/h13,15-18,21,24-28,31-34,36-38,55H,11-12,14,19-20,22-23H2,1-10H3,(H2,47,56)(H,48,57)(H,49,59)(H,50,61)(H,51,60)(H,52,58)/t26-,27-,28+,31-,32?,33-,34-,36-,37-,38+/m0/s1. The number of nitrogens with zero attached hydrogens (tertiary/aromatic N) is 2. The monoisotopic (exact) mass is 911 g/mol. The molecule has 0 aromatic heterocycles. The summed E-state index contributed by atoms with van der Waals surface area (Å²) >= 11 is 0. The highest BCUT2D eigenvalue weighted by atomic mass is 16.5. The Morgan fingerprint density at radius 2 is 1.49 bits per heavy atom. The molecule has 8 amide bonds. The first-order valence-electron chi connectivity index (χ1n) is 22.5. The number of phenolic OH excluding ortho intramolecular Hbond substituents is 1. The molecular weight excluding hydrogens is 841 g/mol. The smallest absolute Gasteiger partial charge is 0.329 e. The molecule has 19 nitrogen and oxygen atoms in total. The number of carbonyl (C=O) groups excluding carboxylic acids is 9.